The van der Waals surface area contributed by atoms with Crippen LogP contribution in [0, 0.1) is 0 Å². The van der Waals surface area contributed by atoms with E-state index in [4.69, 9.17) is 14.2 Å². The highest BCUT2D eigenvalue weighted by atomic mass is 16.6. The molecule has 0 radical (unpaired) electrons. The van der Waals surface area contributed by atoms with Crippen molar-refractivity contribution in [1.29, 1.82) is 0 Å². The Bertz CT molecular complexity index is 912. The molecule has 0 aliphatic carbocycles. The third-order valence-electron chi connectivity index (χ3n) is 6.71. The summed E-state index contributed by atoms with van der Waals surface area (Å²) in [6.45, 7) is 4.37. The largest absolute Gasteiger partial charge is 0.477 e. The van der Waals surface area contributed by atoms with E-state index in [1.807, 2.05) is 33.3 Å². The number of unbranched alkanes of at least 4 members (excludes halogenated alkanes) is 5. The van der Waals surface area contributed by atoms with Gasteiger partial charge < -0.3 is 23.8 Å². The number of quaternary nitrogens is 1. The van der Waals surface area contributed by atoms with Gasteiger partial charge in [-0.05, 0) is 44.9 Å². The Labute approximate surface area is 267 Å². The molecule has 0 aliphatic heterocycles. The monoisotopic (exact) mass is 618 g/mol. The summed E-state index contributed by atoms with van der Waals surface area (Å²) in [5.41, 5.74) is 0. The van der Waals surface area contributed by atoms with E-state index in [0.29, 0.717) is 12.8 Å². The molecule has 2 atom stereocenters. The number of carbonyl (C=O) groups excluding carboxylic acids is 2. The lowest BCUT2D eigenvalue weighted by molar-refractivity contribution is -0.887. The van der Waals surface area contributed by atoms with Crippen LogP contribution in [0.1, 0.15) is 97.3 Å². The molecule has 44 heavy (non-hydrogen) atoms. The summed E-state index contributed by atoms with van der Waals surface area (Å²) in [6, 6.07) is -0.631. The highest BCUT2D eigenvalue weighted by Gasteiger charge is 2.31. The van der Waals surface area contributed by atoms with Crippen molar-refractivity contribution in [3.05, 3.63) is 60.8 Å². The van der Waals surface area contributed by atoms with Crippen LogP contribution in [0.15, 0.2) is 60.8 Å². The van der Waals surface area contributed by atoms with E-state index < -0.39 is 24.1 Å². The second kappa shape index (κ2) is 27.6. The number of hydrogen-bond donors (Lipinski definition) is 1. The van der Waals surface area contributed by atoms with E-state index in [1.54, 1.807) is 6.08 Å². The molecule has 0 fully saturated rings. The quantitative estimate of drug-likeness (QED) is 0.0334. The Morgan fingerprint density at radius 1 is 0.750 bits per heavy atom. The summed E-state index contributed by atoms with van der Waals surface area (Å²) in [5.74, 6) is -1.67. The van der Waals surface area contributed by atoms with Crippen molar-refractivity contribution >= 4 is 17.9 Å². The van der Waals surface area contributed by atoms with Crippen LogP contribution in [-0.4, -0.2) is 80.6 Å². The summed E-state index contributed by atoms with van der Waals surface area (Å²) in [6.07, 6.45) is 30.3. The number of hydrogen-bond acceptors (Lipinski definition) is 6. The zero-order valence-corrected chi connectivity index (χ0v) is 28.1. The van der Waals surface area contributed by atoms with Crippen molar-refractivity contribution in [2.24, 2.45) is 0 Å². The summed E-state index contributed by atoms with van der Waals surface area (Å²) < 4.78 is 16.9. The maximum absolute atomic E-state index is 12.5. The molecule has 1 N–H and O–H groups in total. The van der Waals surface area contributed by atoms with Crippen molar-refractivity contribution in [3.8, 4) is 0 Å². The third kappa shape index (κ3) is 25.5. The summed E-state index contributed by atoms with van der Waals surface area (Å²) in [5, 5.41) is 9.53. The van der Waals surface area contributed by atoms with Crippen LogP contribution in [0.2, 0.25) is 0 Å². The number of ether oxygens (including phenoxy) is 3. The summed E-state index contributed by atoms with van der Waals surface area (Å²) in [4.78, 5) is 36.4. The van der Waals surface area contributed by atoms with Gasteiger partial charge in [0, 0.05) is 12.8 Å². The zero-order chi connectivity index (χ0) is 32.9. The number of allylic oxidation sites excluding steroid dienone is 9. The van der Waals surface area contributed by atoms with Gasteiger partial charge in [0.05, 0.1) is 40.8 Å². The van der Waals surface area contributed by atoms with E-state index in [1.165, 1.54) is 12.8 Å². The van der Waals surface area contributed by atoms with Gasteiger partial charge in [-0.1, -0.05) is 93.9 Å². The summed E-state index contributed by atoms with van der Waals surface area (Å²) in [7, 11) is 5.46. The molecule has 0 aromatic rings. The van der Waals surface area contributed by atoms with Crippen LogP contribution < -0.4 is 0 Å². The van der Waals surface area contributed by atoms with Gasteiger partial charge in [0.1, 0.15) is 6.61 Å². The van der Waals surface area contributed by atoms with Crippen LogP contribution in [0.5, 0.6) is 0 Å². The standard InChI is InChI=1S/C36H59NO7/c1-6-8-10-12-14-16-17-19-20-22-24-26-34(38)43-31-32(30-42-29-28-33(36(40)41)37(3,4)5)44-35(39)27-25-23-21-18-15-13-11-9-7-2/h9,11-12,14-18,23,25,32-33H,6-8,10,13,19-22,24,26-31H2,1-5H3/p+1/b11-9+,14-12+,17-16+,18-15+,25-23+. The van der Waals surface area contributed by atoms with Gasteiger partial charge >= 0.3 is 17.9 Å². The first-order chi connectivity index (χ1) is 21.1. The predicted molar refractivity (Wildman–Crippen MR) is 178 cm³/mol. The van der Waals surface area contributed by atoms with Gasteiger partial charge in [-0.25, -0.2) is 4.79 Å². The predicted octanol–water partition coefficient (Wildman–Crippen LogP) is 7.51. The SMILES string of the molecule is CC/C=C/C/C=C/C/C=C/CC(=O)OC(COCCC(C(=O)O)[N+](C)(C)C)COC(=O)CCCCC/C=C/C=C/CCCC. The zero-order valence-electron chi connectivity index (χ0n) is 28.1. The molecule has 0 spiro atoms. The second-order valence-electron chi connectivity index (χ2n) is 11.7. The number of esters is 2. The Balaban J connectivity index is 4.66. The highest BCUT2D eigenvalue weighted by Crippen LogP contribution is 2.10. The molecule has 0 aromatic carbocycles. The number of likely N-dealkylation sites (N-methyl/N-ethyl adjacent to an activating group) is 1. The van der Waals surface area contributed by atoms with Gasteiger partial charge in [0.25, 0.3) is 0 Å². The third-order valence-corrected chi connectivity index (χ3v) is 6.71. The summed E-state index contributed by atoms with van der Waals surface area (Å²) >= 11 is 0. The fourth-order valence-electron chi connectivity index (χ4n) is 4.13. The normalized spacial score (nSPS) is 13.9. The molecule has 0 heterocycles. The molecule has 8 heteroatoms. The van der Waals surface area contributed by atoms with Crippen LogP contribution >= 0.6 is 0 Å². The van der Waals surface area contributed by atoms with Crippen LogP contribution in [0.25, 0.3) is 0 Å². The first kappa shape index (κ1) is 41.0. The molecule has 0 saturated carbocycles. The number of rotatable bonds is 27. The van der Waals surface area contributed by atoms with Crippen LogP contribution in [0.4, 0.5) is 0 Å². The average Bonchev–Trinajstić information content (AvgIpc) is 2.96. The Morgan fingerprint density at radius 2 is 1.39 bits per heavy atom. The Morgan fingerprint density at radius 3 is 2.00 bits per heavy atom. The Kier molecular flexibility index (Phi) is 25.7. The molecule has 0 rings (SSSR count). The average molecular weight is 619 g/mol. The van der Waals surface area contributed by atoms with E-state index in [2.05, 4.69) is 56.4 Å². The van der Waals surface area contributed by atoms with E-state index in [9.17, 15) is 19.5 Å². The van der Waals surface area contributed by atoms with Crippen molar-refractivity contribution in [1.82, 2.24) is 0 Å². The van der Waals surface area contributed by atoms with Crippen molar-refractivity contribution < 1.29 is 38.2 Å². The number of carboxylic acid groups (broad SMARTS) is 1. The van der Waals surface area contributed by atoms with Gasteiger partial charge in [-0.2, -0.15) is 0 Å². The second-order valence-corrected chi connectivity index (χ2v) is 11.7. The van der Waals surface area contributed by atoms with E-state index in [0.717, 1.165) is 51.4 Å². The molecule has 8 nitrogen and oxygen atoms in total. The van der Waals surface area contributed by atoms with Crippen molar-refractivity contribution in [2.45, 2.75) is 109 Å². The minimum absolute atomic E-state index is 0.0134. The lowest BCUT2D eigenvalue weighted by Gasteiger charge is -2.31. The van der Waals surface area contributed by atoms with Crippen LogP contribution in [-0.2, 0) is 28.6 Å². The van der Waals surface area contributed by atoms with Gasteiger partial charge in [-0.3, -0.25) is 9.59 Å². The molecule has 250 valence electrons. The smallest absolute Gasteiger partial charge is 0.362 e. The topological polar surface area (TPSA) is 99.1 Å². The molecule has 0 saturated heterocycles. The highest BCUT2D eigenvalue weighted by molar-refractivity contribution is 5.72. The molecule has 0 aromatic heterocycles. The lowest BCUT2D eigenvalue weighted by Crippen LogP contribution is -2.50. The molecular weight excluding hydrogens is 558 g/mol. The molecule has 0 aliphatic rings. The van der Waals surface area contributed by atoms with Gasteiger partial charge in [0.2, 0.25) is 0 Å². The minimum Gasteiger partial charge on any atom is -0.477 e. The maximum atomic E-state index is 12.5. The van der Waals surface area contributed by atoms with Crippen molar-refractivity contribution in [3.63, 3.8) is 0 Å². The van der Waals surface area contributed by atoms with Crippen molar-refractivity contribution in [2.75, 3.05) is 41.0 Å². The molecule has 0 bridgehead atoms. The lowest BCUT2D eigenvalue weighted by atomic mass is 10.1. The van der Waals surface area contributed by atoms with E-state index >= 15 is 0 Å². The molecule has 2 unspecified atom stereocenters. The van der Waals surface area contributed by atoms with Crippen LogP contribution in [0.3, 0.4) is 0 Å². The maximum Gasteiger partial charge on any atom is 0.362 e. The number of carbonyl (C=O) groups is 3. The molecule has 0 amide bonds. The Hall–Kier alpha value is -2.97. The number of carboxylic acids is 1. The fraction of sp³-hybridized carbons (Fsp3) is 0.639. The van der Waals surface area contributed by atoms with E-state index in [-0.39, 0.29) is 36.7 Å². The fourth-order valence-corrected chi connectivity index (χ4v) is 4.13. The molecular formula is C36H60NO7+. The number of nitrogens with zero attached hydrogens (tertiary/aromatic N) is 1. The first-order valence-corrected chi connectivity index (χ1v) is 16.3. The first-order valence-electron chi connectivity index (χ1n) is 16.3. The van der Waals surface area contributed by atoms with Gasteiger partial charge in [-0.15, -0.1) is 0 Å². The minimum atomic E-state index is -0.896. The number of aliphatic carboxylic acids is 1. The van der Waals surface area contributed by atoms with Gasteiger partial charge in [0.15, 0.2) is 12.1 Å².